The lowest BCUT2D eigenvalue weighted by molar-refractivity contribution is -0.118. The first-order valence-corrected chi connectivity index (χ1v) is 18.0. The minimum atomic E-state index is -0.224. The van der Waals surface area contributed by atoms with Gasteiger partial charge in [0.2, 0.25) is 5.91 Å². The van der Waals surface area contributed by atoms with Gasteiger partial charge in [-0.05, 0) is 61.8 Å². The van der Waals surface area contributed by atoms with Crippen molar-refractivity contribution < 1.29 is 9.59 Å². The molecule has 0 spiro atoms. The summed E-state index contributed by atoms with van der Waals surface area (Å²) in [5.41, 5.74) is 3.13. The first-order chi connectivity index (χ1) is 22.2. The SMILES string of the molecule is CC(=CCN1CCN(CCC(=O)N2c3ccccc3C(=O)Nc3cccnc32)CC1)CCCC(C)CCCC(C)CCCC(C)C. The Hall–Kier alpha value is -3.03. The van der Waals surface area contributed by atoms with Crippen molar-refractivity contribution in [1.29, 1.82) is 0 Å². The summed E-state index contributed by atoms with van der Waals surface area (Å²) in [6.45, 7) is 17.5. The molecule has 1 saturated heterocycles. The van der Waals surface area contributed by atoms with E-state index in [2.05, 4.69) is 60.8 Å². The first kappa shape index (κ1) is 35.8. The van der Waals surface area contributed by atoms with Gasteiger partial charge in [0.1, 0.15) is 0 Å². The van der Waals surface area contributed by atoms with Gasteiger partial charge in [-0.2, -0.15) is 0 Å². The van der Waals surface area contributed by atoms with Crippen LogP contribution in [0, 0.1) is 17.8 Å². The van der Waals surface area contributed by atoms with E-state index in [9.17, 15) is 9.59 Å². The fourth-order valence-electron chi connectivity index (χ4n) is 6.74. The summed E-state index contributed by atoms with van der Waals surface area (Å²) >= 11 is 0. The molecule has 7 heteroatoms. The predicted octanol–water partition coefficient (Wildman–Crippen LogP) is 8.71. The standard InChI is InChI=1S/C39H59N5O2/c1-30(2)12-8-13-31(3)14-9-15-32(4)16-10-17-33(5)21-24-42-26-28-43(29-27-42)25-22-37(45)44-36-20-7-6-18-34(36)39(46)41-35-19-11-23-40-38(35)44/h6-7,11,18-21,23,30-32H,8-10,12-17,22,24-29H2,1-5H3,(H,41,46). The Bertz CT molecular complexity index is 1280. The molecule has 0 bridgehead atoms. The van der Waals surface area contributed by atoms with E-state index in [-0.39, 0.29) is 11.8 Å². The molecule has 2 unspecified atom stereocenters. The van der Waals surface area contributed by atoms with Gasteiger partial charge in [-0.1, -0.05) is 96.4 Å². The number of amides is 2. The molecule has 3 heterocycles. The molecule has 2 aromatic rings. The third-order valence-corrected chi connectivity index (χ3v) is 9.83. The summed E-state index contributed by atoms with van der Waals surface area (Å²) in [7, 11) is 0. The minimum absolute atomic E-state index is 0.0501. The largest absolute Gasteiger partial charge is 0.319 e. The monoisotopic (exact) mass is 629 g/mol. The molecule has 7 nitrogen and oxygen atoms in total. The third kappa shape index (κ3) is 11.0. The summed E-state index contributed by atoms with van der Waals surface area (Å²) in [5.74, 6) is 2.75. The molecule has 2 atom stereocenters. The van der Waals surface area contributed by atoms with E-state index in [1.807, 2.05) is 18.2 Å². The molecule has 2 amide bonds. The van der Waals surface area contributed by atoms with Gasteiger partial charge >= 0.3 is 0 Å². The number of nitrogens with zero attached hydrogens (tertiary/aromatic N) is 4. The summed E-state index contributed by atoms with van der Waals surface area (Å²) < 4.78 is 0. The van der Waals surface area contributed by atoms with Gasteiger partial charge in [-0.25, -0.2) is 4.98 Å². The molecular formula is C39H59N5O2. The number of pyridine rings is 1. The van der Waals surface area contributed by atoms with Crippen LogP contribution in [0.15, 0.2) is 54.2 Å². The second kappa shape index (κ2) is 18.3. The number of fused-ring (bicyclic) bond motifs is 2. The maximum Gasteiger partial charge on any atom is 0.257 e. The van der Waals surface area contributed by atoms with Crippen LogP contribution in [0.5, 0.6) is 0 Å². The molecule has 0 saturated carbocycles. The Kier molecular flexibility index (Phi) is 14.3. The van der Waals surface area contributed by atoms with Crippen molar-refractivity contribution in [1.82, 2.24) is 14.8 Å². The number of piperazine rings is 1. The number of carbonyl (C=O) groups excluding carboxylic acids is 2. The van der Waals surface area contributed by atoms with E-state index < -0.39 is 0 Å². The van der Waals surface area contributed by atoms with E-state index in [0.717, 1.165) is 50.5 Å². The summed E-state index contributed by atoms with van der Waals surface area (Å²) in [6, 6.07) is 10.8. The van der Waals surface area contributed by atoms with Crippen LogP contribution in [0.3, 0.4) is 0 Å². The van der Waals surface area contributed by atoms with Gasteiger partial charge in [-0.3, -0.25) is 19.4 Å². The molecule has 1 N–H and O–H groups in total. The molecule has 1 aromatic heterocycles. The average molecular weight is 630 g/mol. The van der Waals surface area contributed by atoms with E-state index >= 15 is 0 Å². The topological polar surface area (TPSA) is 68.8 Å². The number of anilines is 3. The van der Waals surface area contributed by atoms with Crippen LogP contribution in [-0.2, 0) is 4.79 Å². The molecule has 2 aliphatic rings. The van der Waals surface area contributed by atoms with Crippen LogP contribution >= 0.6 is 0 Å². The van der Waals surface area contributed by atoms with Gasteiger partial charge in [0.05, 0.1) is 16.9 Å². The number of benzene rings is 1. The van der Waals surface area contributed by atoms with Crippen LogP contribution < -0.4 is 10.2 Å². The summed E-state index contributed by atoms with van der Waals surface area (Å²) in [6.07, 6.45) is 16.6. The van der Waals surface area contributed by atoms with Gasteiger partial charge < -0.3 is 10.2 Å². The number of aromatic nitrogens is 1. The first-order valence-electron chi connectivity index (χ1n) is 18.0. The molecule has 252 valence electrons. The van der Waals surface area contributed by atoms with Crippen molar-refractivity contribution in [3.63, 3.8) is 0 Å². The lowest BCUT2D eigenvalue weighted by Crippen LogP contribution is -2.47. The Morgan fingerprint density at radius 3 is 2.22 bits per heavy atom. The molecule has 1 aromatic carbocycles. The molecule has 1 fully saturated rings. The van der Waals surface area contributed by atoms with Crippen molar-refractivity contribution >= 4 is 29.0 Å². The molecule has 2 aliphatic heterocycles. The number of nitrogens with one attached hydrogen (secondary N) is 1. The Labute approximate surface area is 278 Å². The maximum atomic E-state index is 13.6. The number of hydrogen-bond acceptors (Lipinski definition) is 5. The van der Waals surface area contributed by atoms with Crippen LogP contribution in [0.25, 0.3) is 0 Å². The van der Waals surface area contributed by atoms with Crippen molar-refractivity contribution in [2.24, 2.45) is 17.8 Å². The fourth-order valence-corrected chi connectivity index (χ4v) is 6.74. The van der Waals surface area contributed by atoms with Crippen LogP contribution in [0.4, 0.5) is 17.2 Å². The summed E-state index contributed by atoms with van der Waals surface area (Å²) in [4.78, 5) is 37.5. The Morgan fingerprint density at radius 2 is 1.50 bits per heavy atom. The maximum absolute atomic E-state index is 13.6. The van der Waals surface area contributed by atoms with Gasteiger partial charge in [-0.15, -0.1) is 0 Å². The normalized spacial score (nSPS) is 17.3. The molecular weight excluding hydrogens is 570 g/mol. The number of rotatable bonds is 17. The Morgan fingerprint density at radius 1 is 0.848 bits per heavy atom. The van der Waals surface area contributed by atoms with Crippen LogP contribution in [0.2, 0.25) is 0 Å². The average Bonchev–Trinajstić information content (AvgIpc) is 3.16. The second-order valence-corrected chi connectivity index (χ2v) is 14.4. The lowest BCUT2D eigenvalue weighted by Gasteiger charge is -2.34. The molecule has 4 rings (SSSR count). The van der Waals surface area contributed by atoms with E-state index in [1.54, 1.807) is 29.3 Å². The fraction of sp³-hybridized carbons (Fsp3) is 0.615. The smallest absolute Gasteiger partial charge is 0.257 e. The minimum Gasteiger partial charge on any atom is -0.319 e. The van der Waals surface area contributed by atoms with Gasteiger partial charge in [0, 0.05) is 51.9 Å². The lowest BCUT2D eigenvalue weighted by atomic mass is 9.91. The highest BCUT2D eigenvalue weighted by Crippen LogP contribution is 2.36. The zero-order chi connectivity index (χ0) is 32.9. The highest BCUT2D eigenvalue weighted by Gasteiger charge is 2.30. The van der Waals surface area contributed by atoms with Crippen LogP contribution in [0.1, 0.15) is 109 Å². The molecule has 0 aliphatic carbocycles. The van der Waals surface area contributed by atoms with E-state index in [4.69, 9.17) is 0 Å². The quantitative estimate of drug-likeness (QED) is 0.177. The van der Waals surface area contributed by atoms with Crippen molar-refractivity contribution in [3.8, 4) is 0 Å². The number of carbonyl (C=O) groups is 2. The summed E-state index contributed by atoms with van der Waals surface area (Å²) in [5, 5.41) is 2.91. The predicted molar refractivity (Wildman–Crippen MR) is 192 cm³/mol. The third-order valence-electron chi connectivity index (χ3n) is 9.83. The molecule has 46 heavy (non-hydrogen) atoms. The zero-order valence-electron chi connectivity index (χ0n) is 29.3. The Balaban J connectivity index is 1.13. The van der Waals surface area contributed by atoms with E-state index in [0.29, 0.717) is 35.7 Å². The van der Waals surface area contributed by atoms with Gasteiger partial charge in [0.15, 0.2) is 5.82 Å². The second-order valence-electron chi connectivity index (χ2n) is 14.4. The van der Waals surface area contributed by atoms with Crippen molar-refractivity contribution in [3.05, 3.63) is 59.8 Å². The number of hydrogen-bond donors (Lipinski definition) is 1. The van der Waals surface area contributed by atoms with Crippen molar-refractivity contribution in [2.45, 2.75) is 98.8 Å². The van der Waals surface area contributed by atoms with Crippen molar-refractivity contribution in [2.75, 3.05) is 49.5 Å². The number of para-hydroxylation sites is 1. The zero-order valence-corrected chi connectivity index (χ0v) is 29.3. The number of allylic oxidation sites excluding steroid dienone is 1. The highest BCUT2D eigenvalue weighted by atomic mass is 16.2. The van der Waals surface area contributed by atoms with Gasteiger partial charge in [0.25, 0.3) is 5.91 Å². The molecule has 0 radical (unpaired) electrons. The highest BCUT2D eigenvalue weighted by molar-refractivity contribution is 6.17. The van der Waals surface area contributed by atoms with Crippen LogP contribution in [-0.4, -0.2) is 65.9 Å². The van der Waals surface area contributed by atoms with E-state index in [1.165, 1.54) is 63.4 Å².